The number of nitrogens with one attached hydrogen (secondary N) is 2. The smallest absolute Gasteiger partial charge is 0.408 e. The van der Waals surface area contributed by atoms with Crippen LogP contribution in [0, 0.1) is 17.8 Å². The molecule has 4 bridgehead atoms. The predicted octanol–water partition coefficient (Wildman–Crippen LogP) is 4.45. The molecule has 2 N–H and O–H groups in total. The summed E-state index contributed by atoms with van der Waals surface area (Å²) in [4.78, 5) is 25.5. The summed E-state index contributed by atoms with van der Waals surface area (Å²) < 4.78 is 5.40. The zero-order valence-electron chi connectivity index (χ0n) is 17.8. The van der Waals surface area contributed by atoms with E-state index in [1.165, 1.54) is 19.3 Å². The third-order valence-corrected chi connectivity index (χ3v) is 6.90. The number of unbranched alkanes of at least 4 members (excludes halogenated alkanes) is 2. The van der Waals surface area contributed by atoms with Crippen LogP contribution < -0.4 is 10.6 Å². The zero-order valence-corrected chi connectivity index (χ0v) is 18.7. The van der Waals surface area contributed by atoms with Gasteiger partial charge in [0.15, 0.2) is 0 Å². The lowest BCUT2D eigenvalue weighted by molar-refractivity contribution is -0.129. The first-order valence-corrected chi connectivity index (χ1v) is 11.7. The van der Waals surface area contributed by atoms with Crippen LogP contribution in [0.1, 0.15) is 85.0 Å². The van der Waals surface area contributed by atoms with Gasteiger partial charge in [-0.2, -0.15) is 12.6 Å². The summed E-state index contributed by atoms with van der Waals surface area (Å²) >= 11 is 4.26. The van der Waals surface area contributed by atoms with E-state index in [9.17, 15) is 9.59 Å². The average molecular weight is 411 g/mol. The number of alkyl carbamates (subject to hydrolysis) is 1. The molecule has 0 spiro atoms. The molecule has 0 aromatic carbocycles. The van der Waals surface area contributed by atoms with Crippen molar-refractivity contribution in [2.45, 2.75) is 102 Å². The van der Waals surface area contributed by atoms with Gasteiger partial charge in [0, 0.05) is 5.54 Å². The van der Waals surface area contributed by atoms with Crippen LogP contribution in [0.5, 0.6) is 0 Å². The van der Waals surface area contributed by atoms with Crippen LogP contribution in [0.15, 0.2) is 0 Å². The predicted molar refractivity (Wildman–Crippen MR) is 115 cm³/mol. The number of hydrogen-bond acceptors (Lipinski definition) is 4. The summed E-state index contributed by atoms with van der Waals surface area (Å²) in [6.07, 6.45) is 10.5. The molecule has 4 saturated carbocycles. The fourth-order valence-electron chi connectivity index (χ4n) is 5.97. The molecule has 0 radical (unpaired) electrons. The van der Waals surface area contributed by atoms with E-state index in [4.69, 9.17) is 4.74 Å². The minimum atomic E-state index is -0.572. The molecule has 0 aromatic heterocycles. The van der Waals surface area contributed by atoms with Crippen molar-refractivity contribution < 1.29 is 14.3 Å². The van der Waals surface area contributed by atoms with Gasteiger partial charge >= 0.3 is 6.09 Å². The van der Waals surface area contributed by atoms with Crippen molar-refractivity contribution in [1.29, 1.82) is 0 Å². The molecule has 4 aliphatic carbocycles. The molecule has 0 aromatic rings. The normalized spacial score (nSPS) is 32.1. The number of rotatable bonds is 8. The summed E-state index contributed by atoms with van der Waals surface area (Å²) in [6.45, 7) is 5.51. The van der Waals surface area contributed by atoms with Crippen LogP contribution in [-0.4, -0.2) is 34.9 Å². The summed E-state index contributed by atoms with van der Waals surface area (Å²) in [6, 6.07) is -0.525. The molecule has 4 rings (SSSR count). The standard InChI is InChI=1S/C22H38N2O3S/c1-21(2,3)27-20(26)23-18(7-5-4-6-8-28)19(25)24-22-12-15-9-16(13-22)11-17(10-15)14-22/h15-18,28H,4-14H2,1-3H3,(H,23,26)(H,24,25). The molecule has 2 amide bonds. The molecule has 28 heavy (non-hydrogen) atoms. The third kappa shape index (κ3) is 5.80. The Labute approximate surface area is 175 Å². The second kappa shape index (κ2) is 8.85. The molecule has 6 heteroatoms. The zero-order chi connectivity index (χ0) is 20.4. The average Bonchev–Trinajstić information content (AvgIpc) is 2.54. The second-order valence-corrected chi connectivity index (χ2v) is 10.9. The molecule has 0 heterocycles. The van der Waals surface area contributed by atoms with Gasteiger partial charge in [-0.1, -0.05) is 12.8 Å². The van der Waals surface area contributed by atoms with Crippen molar-refractivity contribution in [3.63, 3.8) is 0 Å². The molecule has 5 nitrogen and oxygen atoms in total. The first-order chi connectivity index (χ1) is 13.2. The van der Waals surface area contributed by atoms with Gasteiger partial charge in [0.05, 0.1) is 0 Å². The van der Waals surface area contributed by atoms with Crippen LogP contribution in [0.4, 0.5) is 4.79 Å². The van der Waals surface area contributed by atoms with Crippen LogP contribution in [-0.2, 0) is 9.53 Å². The summed E-state index contributed by atoms with van der Waals surface area (Å²) in [5.74, 6) is 3.15. The van der Waals surface area contributed by atoms with E-state index in [1.54, 1.807) is 0 Å². The molecule has 4 aliphatic rings. The Hall–Kier alpha value is -0.910. The van der Waals surface area contributed by atoms with Gasteiger partial charge in [0.1, 0.15) is 11.6 Å². The Morgan fingerprint density at radius 2 is 1.61 bits per heavy atom. The maximum absolute atomic E-state index is 13.2. The van der Waals surface area contributed by atoms with E-state index >= 15 is 0 Å². The van der Waals surface area contributed by atoms with E-state index in [1.807, 2.05) is 20.8 Å². The molecule has 1 unspecified atom stereocenters. The Bertz CT molecular complexity index is 537. The molecule has 4 fully saturated rings. The van der Waals surface area contributed by atoms with Gasteiger partial charge in [0.2, 0.25) is 5.91 Å². The maximum Gasteiger partial charge on any atom is 0.408 e. The third-order valence-electron chi connectivity index (χ3n) is 6.58. The molecule has 0 saturated heterocycles. The Kier molecular flexibility index (Phi) is 6.88. The van der Waals surface area contributed by atoms with Crippen LogP contribution in [0.25, 0.3) is 0 Å². The van der Waals surface area contributed by atoms with Gasteiger partial charge in [0.25, 0.3) is 0 Å². The number of amides is 2. The number of carbonyl (C=O) groups excluding carboxylic acids is 2. The lowest BCUT2D eigenvalue weighted by Crippen LogP contribution is -2.62. The van der Waals surface area contributed by atoms with E-state index in [0.29, 0.717) is 6.42 Å². The van der Waals surface area contributed by atoms with Crippen LogP contribution in [0.2, 0.25) is 0 Å². The monoisotopic (exact) mass is 410 g/mol. The lowest BCUT2D eigenvalue weighted by atomic mass is 9.53. The van der Waals surface area contributed by atoms with E-state index < -0.39 is 17.7 Å². The van der Waals surface area contributed by atoms with Crippen molar-refractivity contribution >= 4 is 24.6 Å². The molecule has 0 aliphatic heterocycles. The number of thiol groups is 1. The van der Waals surface area contributed by atoms with Gasteiger partial charge in [-0.05, 0) is 95.6 Å². The highest BCUT2D eigenvalue weighted by molar-refractivity contribution is 7.80. The SMILES string of the molecule is CC(C)(C)OC(=O)NC(CCCCCS)C(=O)NC12CC3CC(CC(C3)C1)C2. The van der Waals surface area contributed by atoms with Gasteiger partial charge in [-0.15, -0.1) is 0 Å². The van der Waals surface area contributed by atoms with Crippen molar-refractivity contribution in [3.8, 4) is 0 Å². The molecule has 160 valence electrons. The molecular weight excluding hydrogens is 372 g/mol. The van der Waals surface area contributed by atoms with E-state index in [-0.39, 0.29) is 11.4 Å². The largest absolute Gasteiger partial charge is 0.444 e. The Morgan fingerprint density at radius 1 is 1.04 bits per heavy atom. The van der Waals surface area contributed by atoms with Crippen LogP contribution >= 0.6 is 12.6 Å². The lowest BCUT2D eigenvalue weighted by Gasteiger charge is -2.57. The van der Waals surface area contributed by atoms with Crippen molar-refractivity contribution in [2.24, 2.45) is 17.8 Å². The van der Waals surface area contributed by atoms with Crippen molar-refractivity contribution in [2.75, 3.05) is 5.75 Å². The minimum absolute atomic E-state index is 0.0290. The minimum Gasteiger partial charge on any atom is -0.444 e. The van der Waals surface area contributed by atoms with Crippen molar-refractivity contribution in [1.82, 2.24) is 10.6 Å². The molecular formula is C22H38N2O3S. The maximum atomic E-state index is 13.2. The Morgan fingerprint density at radius 3 is 2.11 bits per heavy atom. The number of carbonyl (C=O) groups is 2. The number of ether oxygens (including phenoxy) is 1. The van der Waals surface area contributed by atoms with Gasteiger partial charge in [-0.25, -0.2) is 4.79 Å². The first kappa shape index (κ1) is 21.8. The van der Waals surface area contributed by atoms with E-state index in [2.05, 4.69) is 23.3 Å². The summed E-state index contributed by atoms with van der Waals surface area (Å²) in [5, 5.41) is 6.25. The fourth-order valence-corrected chi connectivity index (χ4v) is 6.19. The quantitative estimate of drug-likeness (QED) is 0.409. The highest BCUT2D eigenvalue weighted by Crippen LogP contribution is 2.55. The first-order valence-electron chi connectivity index (χ1n) is 11.1. The highest BCUT2D eigenvalue weighted by atomic mass is 32.1. The second-order valence-electron chi connectivity index (χ2n) is 10.5. The van der Waals surface area contributed by atoms with Crippen molar-refractivity contribution in [3.05, 3.63) is 0 Å². The topological polar surface area (TPSA) is 67.4 Å². The van der Waals surface area contributed by atoms with E-state index in [0.717, 1.165) is 62.0 Å². The highest BCUT2D eigenvalue weighted by Gasteiger charge is 2.51. The summed E-state index contributed by atoms with van der Waals surface area (Å²) in [7, 11) is 0. The molecule has 1 atom stereocenters. The van der Waals surface area contributed by atoms with Crippen LogP contribution in [0.3, 0.4) is 0 Å². The fraction of sp³-hybridized carbons (Fsp3) is 0.909. The Balaban J connectivity index is 1.61. The summed E-state index contributed by atoms with van der Waals surface area (Å²) in [5.41, 5.74) is -0.609. The van der Waals surface area contributed by atoms with Gasteiger partial charge in [-0.3, -0.25) is 4.79 Å². The van der Waals surface area contributed by atoms with Gasteiger partial charge < -0.3 is 15.4 Å². The number of hydrogen-bond donors (Lipinski definition) is 3.